The molecule has 27 heavy (non-hydrogen) atoms. The highest BCUT2D eigenvalue weighted by molar-refractivity contribution is 7.32. The van der Waals surface area contributed by atoms with Crippen molar-refractivity contribution in [2.45, 2.75) is 18.9 Å². The summed E-state index contributed by atoms with van der Waals surface area (Å²) in [6.45, 7) is 1.24. The largest absolute Gasteiger partial charge is 0.695 e. The lowest BCUT2D eigenvalue weighted by Crippen LogP contribution is -2.39. The summed E-state index contributed by atoms with van der Waals surface area (Å²) < 4.78 is 18.0. The van der Waals surface area contributed by atoms with E-state index in [9.17, 15) is 4.57 Å². The molecule has 0 spiro atoms. The van der Waals surface area contributed by atoms with Gasteiger partial charge in [0.1, 0.15) is 11.9 Å². The number of anilines is 1. The number of nitrogens with zero attached hydrogens (tertiary/aromatic N) is 4. The summed E-state index contributed by atoms with van der Waals surface area (Å²) in [4.78, 5) is 19.9. The van der Waals surface area contributed by atoms with Crippen molar-refractivity contribution >= 4 is 48.2 Å². The Morgan fingerprint density at radius 3 is 2.93 bits per heavy atom. The molecule has 0 amide bonds. The maximum absolute atomic E-state index is 11.0. The standard InChI is InChI=1S/C17H15Cl2N4O3P/c18-13-4-3-12-14(23-7-5-20-10-23)8-15(21-17(12)16(13)19)22-6-1-2-11(9-22)26-27(24)25/h3-5,7-8,10-11H,1-2,6,9H2/p+1. The first kappa shape index (κ1) is 18.6. The molecule has 2 unspecified atom stereocenters. The molecule has 2 aromatic heterocycles. The Morgan fingerprint density at radius 1 is 1.33 bits per heavy atom. The first-order chi connectivity index (χ1) is 13.0. The quantitative estimate of drug-likeness (QED) is 0.625. The maximum atomic E-state index is 11.0. The predicted octanol–water partition coefficient (Wildman–Crippen LogP) is 4.36. The molecule has 2 atom stereocenters. The number of fused-ring (bicyclic) bond motifs is 1. The van der Waals surface area contributed by atoms with Gasteiger partial charge in [0.25, 0.3) is 0 Å². The van der Waals surface area contributed by atoms with Gasteiger partial charge in [0.15, 0.2) is 0 Å². The van der Waals surface area contributed by atoms with E-state index in [1.807, 2.05) is 27.8 Å². The molecule has 3 aromatic rings. The van der Waals surface area contributed by atoms with Gasteiger partial charge in [-0.05, 0) is 25.0 Å². The molecule has 0 radical (unpaired) electrons. The van der Waals surface area contributed by atoms with Gasteiger partial charge in [-0.1, -0.05) is 23.2 Å². The smallest absolute Gasteiger partial charge is 0.354 e. The molecular formula is C17H16Cl2N4O3P+. The van der Waals surface area contributed by atoms with Crippen molar-refractivity contribution < 1.29 is 14.0 Å². The van der Waals surface area contributed by atoms with Crippen molar-refractivity contribution in [2.24, 2.45) is 0 Å². The van der Waals surface area contributed by atoms with E-state index in [0.717, 1.165) is 30.5 Å². The van der Waals surface area contributed by atoms with Crippen molar-refractivity contribution in [3.05, 3.63) is 47.0 Å². The molecule has 1 N–H and O–H groups in total. The number of halogens is 2. The van der Waals surface area contributed by atoms with Crippen molar-refractivity contribution in [3.8, 4) is 5.69 Å². The van der Waals surface area contributed by atoms with Crippen molar-refractivity contribution in [1.82, 2.24) is 14.5 Å². The average molecular weight is 426 g/mol. The van der Waals surface area contributed by atoms with Crippen LogP contribution in [0.2, 0.25) is 10.0 Å². The van der Waals surface area contributed by atoms with E-state index >= 15 is 0 Å². The molecule has 4 rings (SSSR count). The van der Waals surface area contributed by atoms with Crippen molar-refractivity contribution in [2.75, 3.05) is 18.0 Å². The summed E-state index contributed by atoms with van der Waals surface area (Å²) in [5.41, 5.74) is 1.48. The van der Waals surface area contributed by atoms with Gasteiger partial charge >= 0.3 is 8.25 Å². The van der Waals surface area contributed by atoms with Crippen LogP contribution in [0.5, 0.6) is 0 Å². The molecule has 1 aliphatic rings. The molecule has 0 saturated carbocycles. The highest BCUT2D eigenvalue weighted by Gasteiger charge is 2.29. The van der Waals surface area contributed by atoms with Crippen LogP contribution in [0.15, 0.2) is 36.9 Å². The predicted molar refractivity (Wildman–Crippen MR) is 105 cm³/mol. The van der Waals surface area contributed by atoms with Crippen LogP contribution in [-0.4, -0.2) is 38.6 Å². The Hall–Kier alpha value is -1.76. The van der Waals surface area contributed by atoms with Gasteiger partial charge < -0.3 is 9.47 Å². The second-order valence-electron chi connectivity index (χ2n) is 6.28. The first-order valence-corrected chi connectivity index (χ1v) is 10.3. The van der Waals surface area contributed by atoms with Crippen LogP contribution in [0.3, 0.4) is 0 Å². The van der Waals surface area contributed by atoms with E-state index in [2.05, 4.69) is 4.98 Å². The van der Waals surface area contributed by atoms with E-state index in [-0.39, 0.29) is 6.10 Å². The van der Waals surface area contributed by atoms with E-state index < -0.39 is 8.25 Å². The number of benzene rings is 1. The maximum Gasteiger partial charge on any atom is 0.695 e. The molecule has 140 valence electrons. The minimum absolute atomic E-state index is 0.323. The van der Waals surface area contributed by atoms with Crippen LogP contribution in [-0.2, 0) is 9.09 Å². The first-order valence-electron chi connectivity index (χ1n) is 8.38. The van der Waals surface area contributed by atoms with Gasteiger partial charge in [0, 0.05) is 35.0 Å². The number of piperidine rings is 1. The fourth-order valence-corrected chi connectivity index (χ4v) is 4.13. The number of imidazole rings is 1. The highest BCUT2D eigenvalue weighted by atomic mass is 35.5. The summed E-state index contributed by atoms with van der Waals surface area (Å²) >= 11 is 12.6. The highest BCUT2D eigenvalue weighted by Crippen LogP contribution is 2.35. The topological polar surface area (TPSA) is 80.5 Å². The van der Waals surface area contributed by atoms with Gasteiger partial charge in [0.05, 0.1) is 34.1 Å². The van der Waals surface area contributed by atoms with Crippen molar-refractivity contribution in [3.63, 3.8) is 0 Å². The summed E-state index contributed by atoms with van der Waals surface area (Å²) in [7, 11) is -2.63. The molecule has 7 nitrogen and oxygen atoms in total. The zero-order valence-corrected chi connectivity index (χ0v) is 16.5. The van der Waals surface area contributed by atoms with Gasteiger partial charge in [-0.3, -0.25) is 0 Å². The van der Waals surface area contributed by atoms with Gasteiger partial charge in [-0.25, -0.2) is 9.97 Å². The third kappa shape index (κ3) is 3.79. The SMILES string of the molecule is O=[P+](O)OC1CCCN(c2cc(-n3ccnc3)c3ccc(Cl)c(Cl)c3n2)C1. The number of rotatable bonds is 4. The summed E-state index contributed by atoms with van der Waals surface area (Å²) in [5.74, 6) is 0.705. The molecule has 0 bridgehead atoms. The Balaban J connectivity index is 1.81. The Kier molecular flexibility index (Phi) is 5.30. The van der Waals surface area contributed by atoms with Crippen LogP contribution in [0.4, 0.5) is 5.82 Å². The molecule has 1 saturated heterocycles. The van der Waals surface area contributed by atoms with Crippen LogP contribution < -0.4 is 4.90 Å². The average Bonchev–Trinajstić information content (AvgIpc) is 3.18. The fraction of sp³-hybridized carbons (Fsp3) is 0.294. The number of hydrogen-bond acceptors (Lipinski definition) is 5. The molecule has 1 aromatic carbocycles. The van der Waals surface area contributed by atoms with Gasteiger partial charge in [0.2, 0.25) is 0 Å². The Morgan fingerprint density at radius 2 is 2.19 bits per heavy atom. The number of pyridine rings is 1. The molecule has 1 aliphatic heterocycles. The third-order valence-corrected chi connectivity index (χ3v) is 5.83. The lowest BCUT2D eigenvalue weighted by Gasteiger charge is -2.31. The molecule has 3 heterocycles. The van der Waals surface area contributed by atoms with E-state index in [0.29, 0.717) is 27.9 Å². The summed E-state index contributed by atoms with van der Waals surface area (Å²) in [6, 6.07) is 5.58. The summed E-state index contributed by atoms with van der Waals surface area (Å²) in [5, 5.41) is 1.68. The molecule has 0 aliphatic carbocycles. The van der Waals surface area contributed by atoms with Crippen LogP contribution in [0.25, 0.3) is 16.6 Å². The number of aromatic nitrogens is 3. The minimum atomic E-state index is -2.63. The van der Waals surface area contributed by atoms with Crippen LogP contribution >= 0.6 is 31.5 Å². The third-order valence-electron chi connectivity index (χ3n) is 4.56. The number of hydrogen-bond donors (Lipinski definition) is 1. The van der Waals surface area contributed by atoms with Gasteiger partial charge in [-0.2, -0.15) is 0 Å². The minimum Gasteiger partial charge on any atom is -0.354 e. The fourth-order valence-electron chi connectivity index (χ4n) is 3.34. The zero-order chi connectivity index (χ0) is 19.0. The van der Waals surface area contributed by atoms with E-state index in [1.54, 1.807) is 18.6 Å². The van der Waals surface area contributed by atoms with Crippen LogP contribution in [0.1, 0.15) is 12.8 Å². The normalized spacial score (nSPS) is 18.1. The lowest BCUT2D eigenvalue weighted by atomic mass is 10.1. The Bertz CT molecular complexity index is 1000. The van der Waals surface area contributed by atoms with Gasteiger partial charge in [-0.15, -0.1) is 9.42 Å². The Labute approximate surface area is 166 Å². The summed E-state index contributed by atoms with van der Waals surface area (Å²) in [6.07, 6.45) is 6.49. The second-order valence-corrected chi connectivity index (χ2v) is 7.75. The van der Waals surface area contributed by atoms with E-state index in [4.69, 9.17) is 37.6 Å². The lowest BCUT2D eigenvalue weighted by molar-refractivity contribution is 0.168. The van der Waals surface area contributed by atoms with E-state index in [1.165, 1.54) is 0 Å². The van der Waals surface area contributed by atoms with Crippen molar-refractivity contribution in [1.29, 1.82) is 0 Å². The molecule has 10 heteroatoms. The monoisotopic (exact) mass is 425 g/mol. The molecular weight excluding hydrogens is 410 g/mol. The second kappa shape index (κ2) is 7.70. The zero-order valence-electron chi connectivity index (χ0n) is 14.1. The molecule has 1 fully saturated rings. The van der Waals surface area contributed by atoms with Crippen LogP contribution in [0, 0.1) is 0 Å².